The quantitative estimate of drug-likeness (QED) is 0.720. The van der Waals surface area contributed by atoms with Crippen molar-refractivity contribution < 1.29 is 9.59 Å². The molecule has 0 N–H and O–H groups in total. The van der Waals surface area contributed by atoms with E-state index in [0.29, 0.717) is 37.7 Å². The lowest BCUT2D eigenvalue weighted by molar-refractivity contribution is -0.132. The molecule has 1 fully saturated rings. The molecule has 29 heavy (non-hydrogen) atoms. The lowest BCUT2D eigenvalue weighted by Crippen LogP contribution is -2.42. The van der Waals surface area contributed by atoms with Crippen molar-refractivity contribution in [3.05, 3.63) is 47.3 Å². The number of carbonyl (C=O) groups excluding carboxylic acids is 2. The molecule has 2 heterocycles. The Kier molecular flexibility index (Phi) is 7.01. The van der Waals surface area contributed by atoms with Gasteiger partial charge in [-0.25, -0.2) is 0 Å². The summed E-state index contributed by atoms with van der Waals surface area (Å²) in [5, 5.41) is 8.21. The van der Waals surface area contributed by atoms with Gasteiger partial charge in [-0.2, -0.15) is 0 Å². The predicted molar refractivity (Wildman–Crippen MR) is 111 cm³/mol. The molecular formula is C22H31N5O2. The van der Waals surface area contributed by atoms with Crippen LogP contribution >= 0.6 is 0 Å². The molecule has 3 rings (SSSR count). The fourth-order valence-corrected chi connectivity index (χ4v) is 3.95. The summed E-state index contributed by atoms with van der Waals surface area (Å²) in [5.74, 6) is 0.419. The summed E-state index contributed by atoms with van der Waals surface area (Å²) in [5.41, 5.74) is 2.63. The SMILES string of the molecule is CCN(CC)C(=O)c1cn(C[C@@H]2CCCN(C(=O)Cc3ccccc3C)C2)nn1. The highest BCUT2D eigenvalue weighted by atomic mass is 16.2. The monoisotopic (exact) mass is 397 g/mol. The Balaban J connectivity index is 1.58. The summed E-state index contributed by atoms with van der Waals surface area (Å²) in [4.78, 5) is 28.9. The van der Waals surface area contributed by atoms with E-state index < -0.39 is 0 Å². The zero-order valence-corrected chi connectivity index (χ0v) is 17.7. The van der Waals surface area contributed by atoms with Gasteiger partial charge in [0.15, 0.2) is 5.69 Å². The Morgan fingerprint density at radius 2 is 1.97 bits per heavy atom. The minimum atomic E-state index is -0.0834. The van der Waals surface area contributed by atoms with Crippen LogP contribution in [0, 0.1) is 12.8 Å². The van der Waals surface area contributed by atoms with E-state index in [4.69, 9.17) is 0 Å². The zero-order chi connectivity index (χ0) is 20.8. The van der Waals surface area contributed by atoms with Gasteiger partial charge in [0.05, 0.1) is 12.6 Å². The van der Waals surface area contributed by atoms with Crippen LogP contribution in [0.3, 0.4) is 0 Å². The van der Waals surface area contributed by atoms with Gasteiger partial charge < -0.3 is 9.80 Å². The summed E-state index contributed by atoms with van der Waals surface area (Å²) >= 11 is 0. The van der Waals surface area contributed by atoms with Crippen molar-refractivity contribution in [2.75, 3.05) is 26.2 Å². The van der Waals surface area contributed by atoms with Gasteiger partial charge in [0, 0.05) is 32.7 Å². The van der Waals surface area contributed by atoms with Crippen LogP contribution in [0.4, 0.5) is 0 Å². The lowest BCUT2D eigenvalue weighted by atomic mass is 9.97. The number of nitrogens with zero attached hydrogens (tertiary/aromatic N) is 5. The van der Waals surface area contributed by atoms with Crippen LogP contribution in [0.15, 0.2) is 30.5 Å². The number of likely N-dealkylation sites (tertiary alicyclic amines) is 1. The highest BCUT2D eigenvalue weighted by Gasteiger charge is 2.25. The van der Waals surface area contributed by atoms with Crippen molar-refractivity contribution in [2.45, 2.75) is 46.6 Å². The molecule has 7 heteroatoms. The average molecular weight is 398 g/mol. The van der Waals surface area contributed by atoms with Gasteiger partial charge in [-0.1, -0.05) is 29.5 Å². The lowest BCUT2D eigenvalue weighted by Gasteiger charge is -2.33. The normalized spacial score (nSPS) is 16.7. The number of amides is 2. The standard InChI is InChI=1S/C22H31N5O2/c1-4-25(5-2)22(29)20-16-27(24-23-20)15-18-10-8-12-26(14-18)21(28)13-19-11-7-6-9-17(19)3/h6-7,9,11,16,18H,4-5,8,10,12-15H2,1-3H3/t18-/m1/s1. The Hall–Kier alpha value is -2.70. The van der Waals surface area contributed by atoms with Crippen LogP contribution in [0.2, 0.25) is 0 Å². The summed E-state index contributed by atoms with van der Waals surface area (Å²) in [7, 11) is 0. The van der Waals surface area contributed by atoms with Crippen molar-refractivity contribution in [3.63, 3.8) is 0 Å². The maximum Gasteiger partial charge on any atom is 0.276 e. The first-order valence-corrected chi connectivity index (χ1v) is 10.5. The van der Waals surface area contributed by atoms with E-state index in [1.807, 2.05) is 49.9 Å². The third kappa shape index (κ3) is 5.22. The number of benzene rings is 1. The largest absolute Gasteiger partial charge is 0.342 e. The number of aromatic nitrogens is 3. The van der Waals surface area contributed by atoms with Gasteiger partial charge in [0.1, 0.15) is 0 Å². The highest BCUT2D eigenvalue weighted by molar-refractivity contribution is 5.91. The molecule has 0 aliphatic carbocycles. The number of carbonyl (C=O) groups is 2. The predicted octanol–water partition coefficient (Wildman–Crippen LogP) is 2.55. The molecule has 0 radical (unpaired) electrons. The molecule has 1 saturated heterocycles. The Morgan fingerprint density at radius 1 is 1.21 bits per heavy atom. The van der Waals surface area contributed by atoms with Crippen molar-refractivity contribution in [3.8, 4) is 0 Å². The van der Waals surface area contributed by atoms with E-state index >= 15 is 0 Å². The highest BCUT2D eigenvalue weighted by Crippen LogP contribution is 2.20. The van der Waals surface area contributed by atoms with E-state index in [0.717, 1.165) is 37.1 Å². The smallest absolute Gasteiger partial charge is 0.276 e. The van der Waals surface area contributed by atoms with Crippen molar-refractivity contribution >= 4 is 11.8 Å². The van der Waals surface area contributed by atoms with E-state index in [9.17, 15) is 9.59 Å². The molecule has 0 saturated carbocycles. The molecule has 1 aliphatic heterocycles. The second-order valence-electron chi connectivity index (χ2n) is 7.75. The van der Waals surface area contributed by atoms with Crippen LogP contribution in [-0.4, -0.2) is 62.8 Å². The molecule has 1 aromatic carbocycles. The average Bonchev–Trinajstić information content (AvgIpc) is 3.19. The van der Waals surface area contributed by atoms with Crippen LogP contribution in [0.1, 0.15) is 48.3 Å². The number of aryl methyl sites for hydroxylation is 1. The topological polar surface area (TPSA) is 71.3 Å². The van der Waals surface area contributed by atoms with Crippen molar-refractivity contribution in [1.82, 2.24) is 24.8 Å². The van der Waals surface area contributed by atoms with Crippen LogP contribution in [-0.2, 0) is 17.8 Å². The minimum Gasteiger partial charge on any atom is -0.342 e. The zero-order valence-electron chi connectivity index (χ0n) is 17.7. The number of hydrogen-bond acceptors (Lipinski definition) is 4. The Morgan fingerprint density at radius 3 is 2.69 bits per heavy atom. The summed E-state index contributed by atoms with van der Waals surface area (Å²) in [6.45, 7) is 9.47. The number of hydrogen-bond donors (Lipinski definition) is 0. The van der Waals surface area contributed by atoms with E-state index in [1.165, 1.54) is 0 Å². The summed E-state index contributed by atoms with van der Waals surface area (Å²) in [6.07, 6.45) is 4.22. The van der Waals surface area contributed by atoms with E-state index in [-0.39, 0.29) is 11.8 Å². The Bertz CT molecular complexity index is 843. The first-order valence-electron chi connectivity index (χ1n) is 10.5. The van der Waals surface area contributed by atoms with Gasteiger partial charge in [-0.05, 0) is 50.7 Å². The second-order valence-corrected chi connectivity index (χ2v) is 7.75. The van der Waals surface area contributed by atoms with Gasteiger partial charge in [-0.15, -0.1) is 5.10 Å². The first kappa shape index (κ1) is 21.0. The second kappa shape index (κ2) is 9.67. The molecule has 7 nitrogen and oxygen atoms in total. The minimum absolute atomic E-state index is 0.0834. The summed E-state index contributed by atoms with van der Waals surface area (Å²) < 4.78 is 1.75. The Labute approximate surface area is 172 Å². The third-order valence-electron chi connectivity index (χ3n) is 5.73. The van der Waals surface area contributed by atoms with Gasteiger partial charge in [0.2, 0.25) is 5.91 Å². The maximum absolute atomic E-state index is 12.8. The maximum atomic E-state index is 12.8. The molecule has 2 aromatic rings. The molecular weight excluding hydrogens is 366 g/mol. The molecule has 1 aliphatic rings. The van der Waals surface area contributed by atoms with Gasteiger partial charge in [-0.3, -0.25) is 14.3 Å². The molecule has 1 aromatic heterocycles. The first-order chi connectivity index (χ1) is 14.0. The fraction of sp³-hybridized carbons (Fsp3) is 0.545. The fourth-order valence-electron chi connectivity index (χ4n) is 3.95. The molecule has 156 valence electrons. The number of rotatable bonds is 7. The van der Waals surface area contributed by atoms with E-state index in [1.54, 1.807) is 15.8 Å². The third-order valence-corrected chi connectivity index (χ3v) is 5.73. The molecule has 1 atom stereocenters. The van der Waals surface area contributed by atoms with Crippen LogP contribution in [0.5, 0.6) is 0 Å². The number of piperidine rings is 1. The molecule has 0 bridgehead atoms. The molecule has 0 unspecified atom stereocenters. The van der Waals surface area contributed by atoms with Crippen molar-refractivity contribution in [1.29, 1.82) is 0 Å². The van der Waals surface area contributed by atoms with Gasteiger partial charge in [0.25, 0.3) is 5.91 Å². The molecule has 2 amide bonds. The summed E-state index contributed by atoms with van der Waals surface area (Å²) in [6, 6.07) is 8.05. The van der Waals surface area contributed by atoms with Crippen LogP contribution in [0.25, 0.3) is 0 Å². The van der Waals surface area contributed by atoms with Crippen LogP contribution < -0.4 is 0 Å². The van der Waals surface area contributed by atoms with E-state index in [2.05, 4.69) is 10.3 Å². The molecule has 0 spiro atoms. The van der Waals surface area contributed by atoms with Gasteiger partial charge >= 0.3 is 0 Å². The van der Waals surface area contributed by atoms with Crippen molar-refractivity contribution in [2.24, 2.45) is 5.92 Å².